The molecular weight excluding hydrogens is 240 g/mol. The minimum atomic E-state index is -0.0606. The Balaban J connectivity index is 1.83. The van der Waals surface area contributed by atoms with Crippen molar-refractivity contribution in [2.45, 2.75) is 45.1 Å². The van der Waals surface area contributed by atoms with Gasteiger partial charge in [-0.15, -0.1) is 0 Å². The smallest absolute Gasteiger partial charge is 0.258 e. The maximum atomic E-state index is 11.8. The monoisotopic (exact) mass is 262 g/mol. The molecule has 0 atom stereocenters. The van der Waals surface area contributed by atoms with Crippen LogP contribution in [0.15, 0.2) is 18.2 Å². The summed E-state index contributed by atoms with van der Waals surface area (Å²) in [6.45, 7) is 1.95. The fourth-order valence-corrected chi connectivity index (χ4v) is 2.53. The zero-order chi connectivity index (χ0) is 13.7. The Morgan fingerprint density at radius 2 is 2.11 bits per heavy atom. The number of rotatable bonds is 4. The highest BCUT2D eigenvalue weighted by Crippen LogP contribution is 2.25. The highest BCUT2D eigenvalue weighted by Gasteiger charge is 2.16. The topological polar surface area (TPSA) is 64.3 Å². The third kappa shape index (κ3) is 3.88. The second-order valence-electron chi connectivity index (χ2n) is 5.18. The van der Waals surface area contributed by atoms with Gasteiger partial charge in [0.05, 0.1) is 5.69 Å². The minimum Gasteiger partial charge on any atom is -0.481 e. The van der Waals surface area contributed by atoms with Gasteiger partial charge in [-0.3, -0.25) is 4.79 Å². The maximum absolute atomic E-state index is 11.8. The quantitative estimate of drug-likeness (QED) is 0.819. The summed E-state index contributed by atoms with van der Waals surface area (Å²) >= 11 is 0. The largest absolute Gasteiger partial charge is 0.481 e. The summed E-state index contributed by atoms with van der Waals surface area (Å²) in [4.78, 5) is 11.8. The van der Waals surface area contributed by atoms with Crippen molar-refractivity contribution in [2.24, 2.45) is 0 Å². The van der Waals surface area contributed by atoms with E-state index in [-0.39, 0.29) is 12.5 Å². The summed E-state index contributed by atoms with van der Waals surface area (Å²) in [5.41, 5.74) is 7.36. The number of amides is 1. The highest BCUT2D eigenvalue weighted by molar-refractivity contribution is 5.78. The van der Waals surface area contributed by atoms with Crippen molar-refractivity contribution in [3.63, 3.8) is 0 Å². The van der Waals surface area contributed by atoms with Crippen molar-refractivity contribution in [3.05, 3.63) is 23.8 Å². The number of nitrogen functional groups attached to an aromatic ring is 1. The second-order valence-corrected chi connectivity index (χ2v) is 5.18. The Hall–Kier alpha value is -1.71. The molecule has 2 rings (SSSR count). The molecule has 0 heterocycles. The molecule has 1 aliphatic rings. The molecular formula is C15H22N2O2. The van der Waals surface area contributed by atoms with Gasteiger partial charge in [0.15, 0.2) is 6.61 Å². The van der Waals surface area contributed by atoms with Gasteiger partial charge in [0.25, 0.3) is 5.91 Å². The van der Waals surface area contributed by atoms with Gasteiger partial charge < -0.3 is 15.8 Å². The van der Waals surface area contributed by atoms with Crippen molar-refractivity contribution in [3.8, 4) is 5.75 Å². The van der Waals surface area contributed by atoms with Crippen LogP contribution in [0.2, 0.25) is 0 Å². The molecule has 4 heteroatoms. The third-order valence-electron chi connectivity index (χ3n) is 3.56. The van der Waals surface area contributed by atoms with Crippen LogP contribution in [-0.4, -0.2) is 18.6 Å². The van der Waals surface area contributed by atoms with Gasteiger partial charge in [-0.1, -0.05) is 31.4 Å². The number of hydrogen-bond donors (Lipinski definition) is 2. The number of carbonyl (C=O) groups is 1. The molecule has 1 aromatic carbocycles. The van der Waals surface area contributed by atoms with Crippen LogP contribution in [0.5, 0.6) is 5.75 Å². The van der Waals surface area contributed by atoms with Crippen LogP contribution in [0.3, 0.4) is 0 Å². The molecule has 1 amide bonds. The first kappa shape index (κ1) is 13.7. The van der Waals surface area contributed by atoms with E-state index in [1.54, 1.807) is 6.07 Å². The van der Waals surface area contributed by atoms with E-state index in [0.29, 0.717) is 17.5 Å². The Kier molecular flexibility index (Phi) is 4.66. The van der Waals surface area contributed by atoms with Crippen molar-refractivity contribution >= 4 is 11.6 Å². The Bertz CT molecular complexity index is 420. The first-order valence-corrected chi connectivity index (χ1v) is 6.94. The average molecular weight is 262 g/mol. The SMILES string of the molecule is Cc1cccc(N)c1OCC(=O)NC1CCCCC1. The molecule has 0 saturated heterocycles. The fourth-order valence-electron chi connectivity index (χ4n) is 2.53. The molecule has 0 aliphatic heterocycles. The molecule has 104 valence electrons. The number of benzene rings is 1. The molecule has 3 N–H and O–H groups in total. The van der Waals surface area contributed by atoms with E-state index in [4.69, 9.17) is 10.5 Å². The zero-order valence-electron chi connectivity index (χ0n) is 11.4. The summed E-state index contributed by atoms with van der Waals surface area (Å²) in [6, 6.07) is 5.89. The molecule has 1 saturated carbocycles. The van der Waals surface area contributed by atoms with Crippen molar-refractivity contribution in [2.75, 3.05) is 12.3 Å². The van der Waals surface area contributed by atoms with Gasteiger partial charge in [-0.05, 0) is 31.4 Å². The van der Waals surface area contributed by atoms with Crippen LogP contribution in [0.25, 0.3) is 0 Å². The van der Waals surface area contributed by atoms with E-state index < -0.39 is 0 Å². The van der Waals surface area contributed by atoms with Crippen LogP contribution in [0, 0.1) is 6.92 Å². The van der Waals surface area contributed by atoms with E-state index in [9.17, 15) is 4.79 Å². The highest BCUT2D eigenvalue weighted by atomic mass is 16.5. The van der Waals surface area contributed by atoms with E-state index in [1.165, 1.54) is 19.3 Å². The van der Waals surface area contributed by atoms with Gasteiger partial charge in [0.1, 0.15) is 5.75 Å². The van der Waals surface area contributed by atoms with Gasteiger partial charge in [0, 0.05) is 6.04 Å². The number of ether oxygens (including phenoxy) is 1. The normalized spacial score (nSPS) is 16.1. The molecule has 1 fully saturated rings. The lowest BCUT2D eigenvalue weighted by Crippen LogP contribution is -2.39. The van der Waals surface area contributed by atoms with Crippen molar-refractivity contribution < 1.29 is 9.53 Å². The number of para-hydroxylation sites is 1. The number of aryl methyl sites for hydroxylation is 1. The van der Waals surface area contributed by atoms with Crippen molar-refractivity contribution in [1.29, 1.82) is 0 Å². The first-order valence-electron chi connectivity index (χ1n) is 6.94. The molecule has 1 aromatic rings. The second kappa shape index (κ2) is 6.45. The van der Waals surface area contributed by atoms with Crippen LogP contribution >= 0.6 is 0 Å². The predicted molar refractivity (Wildman–Crippen MR) is 76.1 cm³/mol. The van der Waals surface area contributed by atoms with Gasteiger partial charge in [-0.25, -0.2) is 0 Å². The van der Waals surface area contributed by atoms with E-state index in [2.05, 4.69) is 5.32 Å². The third-order valence-corrected chi connectivity index (χ3v) is 3.56. The maximum Gasteiger partial charge on any atom is 0.258 e. The Morgan fingerprint density at radius 1 is 1.37 bits per heavy atom. The predicted octanol–water partition coefficient (Wildman–Crippen LogP) is 2.40. The van der Waals surface area contributed by atoms with Crippen LogP contribution in [-0.2, 0) is 4.79 Å². The lowest BCUT2D eigenvalue weighted by Gasteiger charge is -2.22. The number of hydrogen-bond acceptors (Lipinski definition) is 3. The summed E-state index contributed by atoms with van der Waals surface area (Å²) in [6.07, 6.45) is 5.85. The van der Waals surface area contributed by atoms with Gasteiger partial charge >= 0.3 is 0 Å². The summed E-state index contributed by atoms with van der Waals surface area (Å²) < 4.78 is 5.53. The van der Waals surface area contributed by atoms with E-state index in [0.717, 1.165) is 18.4 Å². The lowest BCUT2D eigenvalue weighted by molar-refractivity contribution is -0.124. The van der Waals surface area contributed by atoms with Crippen molar-refractivity contribution in [1.82, 2.24) is 5.32 Å². The van der Waals surface area contributed by atoms with Crippen LogP contribution < -0.4 is 15.8 Å². The molecule has 0 unspecified atom stereocenters. The Labute approximate surface area is 114 Å². The first-order chi connectivity index (χ1) is 9.16. The molecule has 1 aliphatic carbocycles. The molecule has 0 bridgehead atoms. The van der Waals surface area contributed by atoms with Gasteiger partial charge in [-0.2, -0.15) is 0 Å². The molecule has 19 heavy (non-hydrogen) atoms. The minimum absolute atomic E-state index is 0.0333. The van der Waals surface area contributed by atoms with Gasteiger partial charge in [0.2, 0.25) is 0 Å². The molecule has 4 nitrogen and oxygen atoms in total. The zero-order valence-corrected chi connectivity index (χ0v) is 11.4. The molecule has 0 radical (unpaired) electrons. The average Bonchev–Trinajstić information content (AvgIpc) is 2.39. The summed E-state index contributed by atoms with van der Waals surface area (Å²) in [5.74, 6) is 0.552. The van der Waals surface area contributed by atoms with E-state index >= 15 is 0 Å². The fraction of sp³-hybridized carbons (Fsp3) is 0.533. The van der Waals surface area contributed by atoms with Crippen LogP contribution in [0.4, 0.5) is 5.69 Å². The molecule has 0 spiro atoms. The van der Waals surface area contributed by atoms with E-state index in [1.807, 2.05) is 19.1 Å². The number of anilines is 1. The Morgan fingerprint density at radius 3 is 2.79 bits per heavy atom. The molecule has 0 aromatic heterocycles. The number of nitrogens with two attached hydrogens (primary N) is 1. The number of carbonyl (C=O) groups excluding carboxylic acids is 1. The van der Waals surface area contributed by atoms with Crippen LogP contribution in [0.1, 0.15) is 37.7 Å². The standard InChI is InChI=1S/C15H22N2O2/c1-11-6-5-9-13(16)15(11)19-10-14(18)17-12-7-3-2-4-8-12/h5-6,9,12H,2-4,7-8,10,16H2,1H3,(H,17,18). The summed E-state index contributed by atoms with van der Waals surface area (Å²) in [5, 5.41) is 3.02. The number of nitrogens with one attached hydrogen (secondary N) is 1. The summed E-state index contributed by atoms with van der Waals surface area (Å²) in [7, 11) is 0. The lowest BCUT2D eigenvalue weighted by atomic mass is 9.95.